The lowest BCUT2D eigenvalue weighted by Gasteiger charge is -2.20. The Labute approximate surface area is 213 Å². The molecule has 2 aliphatic rings. The van der Waals surface area contributed by atoms with Crippen LogP contribution in [0.15, 0.2) is 84.9 Å². The van der Waals surface area contributed by atoms with Crippen LogP contribution in [0.4, 0.5) is 10.5 Å². The van der Waals surface area contributed by atoms with Crippen molar-refractivity contribution < 1.29 is 29.3 Å². The number of rotatable bonds is 8. The number of alkyl carbamates (subject to hydrolysis) is 1. The van der Waals surface area contributed by atoms with E-state index in [1.807, 2.05) is 36.4 Å². The molecule has 3 amide bonds. The second kappa shape index (κ2) is 10.4. The number of aliphatic hydroxyl groups is 2. The van der Waals surface area contributed by atoms with Gasteiger partial charge in [0.1, 0.15) is 12.7 Å². The number of amides is 3. The molecule has 1 aliphatic carbocycles. The summed E-state index contributed by atoms with van der Waals surface area (Å²) < 4.78 is 5.49. The standard InChI is InChI=1S/C29H26N2O6/c32-25(28(35)18-9-11-19(12-10-18)31-26(33)13-14-27(31)34)15-16-30-29(36)37-17-24-22-7-3-1-5-20(22)21-6-2-4-8-23(21)24/h1-14,24-25,28,32,35H,15-17H2,(H,30,36). The Hall–Kier alpha value is -4.27. The molecule has 0 bridgehead atoms. The molecule has 5 rings (SSSR count). The van der Waals surface area contributed by atoms with E-state index in [0.717, 1.165) is 27.2 Å². The molecule has 1 aliphatic heterocycles. The third kappa shape index (κ3) is 4.89. The average Bonchev–Trinajstić information content (AvgIpc) is 3.43. The normalized spacial score (nSPS) is 15.9. The Morgan fingerprint density at radius 3 is 2.03 bits per heavy atom. The van der Waals surface area contributed by atoms with Crippen LogP contribution in [0.3, 0.4) is 0 Å². The van der Waals surface area contributed by atoms with Crippen LogP contribution in [-0.2, 0) is 14.3 Å². The minimum absolute atomic E-state index is 0.0459. The third-order valence-electron chi connectivity index (χ3n) is 6.72. The molecule has 2 atom stereocenters. The smallest absolute Gasteiger partial charge is 0.407 e. The molecule has 2 unspecified atom stereocenters. The first-order chi connectivity index (χ1) is 17.9. The molecule has 8 nitrogen and oxygen atoms in total. The monoisotopic (exact) mass is 498 g/mol. The molecule has 3 N–H and O–H groups in total. The second-order valence-corrected chi connectivity index (χ2v) is 8.99. The molecular formula is C29H26N2O6. The van der Waals surface area contributed by atoms with Gasteiger partial charge >= 0.3 is 6.09 Å². The molecule has 0 aromatic heterocycles. The Morgan fingerprint density at radius 1 is 0.865 bits per heavy atom. The lowest BCUT2D eigenvalue weighted by Crippen LogP contribution is -2.31. The zero-order valence-electron chi connectivity index (χ0n) is 19.9. The van der Waals surface area contributed by atoms with E-state index in [9.17, 15) is 24.6 Å². The highest BCUT2D eigenvalue weighted by molar-refractivity contribution is 6.28. The fourth-order valence-corrected chi connectivity index (χ4v) is 4.83. The first-order valence-corrected chi connectivity index (χ1v) is 12.0. The van der Waals surface area contributed by atoms with E-state index in [2.05, 4.69) is 17.4 Å². The van der Waals surface area contributed by atoms with Gasteiger partial charge < -0.3 is 20.3 Å². The van der Waals surface area contributed by atoms with Crippen molar-refractivity contribution >= 4 is 23.6 Å². The van der Waals surface area contributed by atoms with Gasteiger partial charge in [-0.3, -0.25) is 9.59 Å². The van der Waals surface area contributed by atoms with Gasteiger partial charge in [-0.1, -0.05) is 60.7 Å². The van der Waals surface area contributed by atoms with Crippen molar-refractivity contribution in [1.82, 2.24) is 5.32 Å². The number of hydrogen-bond acceptors (Lipinski definition) is 6. The molecule has 1 heterocycles. The van der Waals surface area contributed by atoms with Gasteiger partial charge in [0.25, 0.3) is 11.8 Å². The molecule has 0 spiro atoms. The molecule has 0 saturated heterocycles. The summed E-state index contributed by atoms with van der Waals surface area (Å²) in [5.41, 5.74) is 5.33. The van der Waals surface area contributed by atoms with E-state index in [-0.39, 0.29) is 25.5 Å². The lowest BCUT2D eigenvalue weighted by atomic mass is 9.98. The minimum Gasteiger partial charge on any atom is -0.449 e. The Kier molecular flexibility index (Phi) is 6.85. The molecule has 0 saturated carbocycles. The predicted molar refractivity (Wildman–Crippen MR) is 137 cm³/mol. The Bertz CT molecular complexity index is 1300. The number of carbonyl (C=O) groups excluding carboxylic acids is 3. The molecule has 0 fully saturated rings. The molecule has 188 valence electrons. The van der Waals surface area contributed by atoms with Crippen LogP contribution >= 0.6 is 0 Å². The topological polar surface area (TPSA) is 116 Å². The number of benzene rings is 3. The van der Waals surface area contributed by atoms with Gasteiger partial charge in [0.15, 0.2) is 0 Å². The molecule has 3 aromatic rings. The van der Waals surface area contributed by atoms with Crippen molar-refractivity contribution in [2.45, 2.75) is 24.5 Å². The van der Waals surface area contributed by atoms with E-state index < -0.39 is 30.1 Å². The van der Waals surface area contributed by atoms with E-state index in [1.54, 1.807) is 12.1 Å². The summed E-state index contributed by atoms with van der Waals surface area (Å²) in [6.45, 7) is 0.296. The first kappa shape index (κ1) is 24.4. The lowest BCUT2D eigenvalue weighted by molar-refractivity contribution is -0.119. The van der Waals surface area contributed by atoms with Crippen LogP contribution in [0.2, 0.25) is 0 Å². The van der Waals surface area contributed by atoms with Gasteiger partial charge in [-0.25, -0.2) is 9.69 Å². The largest absolute Gasteiger partial charge is 0.449 e. The van der Waals surface area contributed by atoms with Crippen molar-refractivity contribution in [3.8, 4) is 11.1 Å². The van der Waals surface area contributed by atoms with Gasteiger partial charge in [-0.2, -0.15) is 0 Å². The molecule has 3 aromatic carbocycles. The first-order valence-electron chi connectivity index (χ1n) is 12.0. The molecular weight excluding hydrogens is 472 g/mol. The van der Waals surface area contributed by atoms with Crippen LogP contribution in [0.5, 0.6) is 0 Å². The maximum Gasteiger partial charge on any atom is 0.407 e. The Balaban J connectivity index is 1.10. The SMILES string of the molecule is O=C(NCCC(O)C(O)c1ccc(N2C(=O)C=CC2=O)cc1)OCC1c2ccccc2-c2ccccc21. The number of carbonyl (C=O) groups is 3. The van der Waals surface area contributed by atoms with Crippen molar-refractivity contribution in [2.75, 3.05) is 18.1 Å². The van der Waals surface area contributed by atoms with Gasteiger partial charge in [-0.05, 0) is 46.4 Å². The fourth-order valence-electron chi connectivity index (χ4n) is 4.83. The second-order valence-electron chi connectivity index (χ2n) is 8.99. The summed E-state index contributed by atoms with van der Waals surface area (Å²) in [5.74, 6) is -0.911. The summed E-state index contributed by atoms with van der Waals surface area (Å²) in [6.07, 6.45) is -0.462. The van der Waals surface area contributed by atoms with E-state index in [1.165, 1.54) is 24.3 Å². The predicted octanol–water partition coefficient (Wildman–Crippen LogP) is 3.44. The van der Waals surface area contributed by atoms with Gasteiger partial charge in [-0.15, -0.1) is 0 Å². The van der Waals surface area contributed by atoms with Gasteiger partial charge in [0.05, 0.1) is 11.8 Å². The van der Waals surface area contributed by atoms with E-state index in [0.29, 0.717) is 11.3 Å². The number of anilines is 1. The maximum absolute atomic E-state index is 12.3. The number of imide groups is 1. The number of aliphatic hydroxyl groups excluding tert-OH is 2. The zero-order chi connectivity index (χ0) is 25.9. The molecule has 0 radical (unpaired) electrons. The van der Waals surface area contributed by atoms with Crippen LogP contribution in [0.1, 0.15) is 35.1 Å². The van der Waals surface area contributed by atoms with Crippen molar-refractivity contribution in [1.29, 1.82) is 0 Å². The van der Waals surface area contributed by atoms with Crippen LogP contribution in [-0.4, -0.2) is 47.4 Å². The van der Waals surface area contributed by atoms with Crippen LogP contribution < -0.4 is 10.2 Å². The van der Waals surface area contributed by atoms with Crippen molar-refractivity contribution in [3.05, 3.63) is 102 Å². The summed E-state index contributed by atoms with van der Waals surface area (Å²) in [5, 5.41) is 23.5. The quantitative estimate of drug-likeness (QED) is 0.410. The highest BCUT2D eigenvalue weighted by Crippen LogP contribution is 2.44. The summed E-state index contributed by atoms with van der Waals surface area (Å²) >= 11 is 0. The van der Waals surface area contributed by atoms with E-state index in [4.69, 9.17) is 4.74 Å². The van der Waals surface area contributed by atoms with Crippen molar-refractivity contribution in [3.63, 3.8) is 0 Å². The van der Waals surface area contributed by atoms with E-state index >= 15 is 0 Å². The van der Waals surface area contributed by atoms with Gasteiger partial charge in [0, 0.05) is 24.6 Å². The minimum atomic E-state index is -1.21. The highest BCUT2D eigenvalue weighted by atomic mass is 16.5. The number of nitrogens with zero attached hydrogens (tertiary/aromatic N) is 1. The van der Waals surface area contributed by atoms with Crippen molar-refractivity contribution in [2.24, 2.45) is 0 Å². The van der Waals surface area contributed by atoms with Crippen LogP contribution in [0.25, 0.3) is 11.1 Å². The number of ether oxygens (including phenoxy) is 1. The Morgan fingerprint density at radius 2 is 1.43 bits per heavy atom. The third-order valence-corrected chi connectivity index (χ3v) is 6.72. The number of nitrogens with one attached hydrogen (secondary N) is 1. The fraction of sp³-hybridized carbons (Fsp3) is 0.207. The number of hydrogen-bond donors (Lipinski definition) is 3. The van der Waals surface area contributed by atoms with Crippen LogP contribution in [0, 0.1) is 0 Å². The number of fused-ring (bicyclic) bond motifs is 3. The summed E-state index contributed by atoms with van der Waals surface area (Å²) in [4.78, 5) is 36.9. The maximum atomic E-state index is 12.3. The summed E-state index contributed by atoms with van der Waals surface area (Å²) in [6, 6.07) is 22.3. The molecule has 8 heteroatoms. The summed E-state index contributed by atoms with van der Waals surface area (Å²) in [7, 11) is 0. The van der Waals surface area contributed by atoms with Gasteiger partial charge in [0.2, 0.25) is 0 Å². The molecule has 37 heavy (non-hydrogen) atoms. The highest BCUT2D eigenvalue weighted by Gasteiger charge is 2.29. The average molecular weight is 499 g/mol. The zero-order valence-corrected chi connectivity index (χ0v) is 19.9.